The van der Waals surface area contributed by atoms with E-state index in [1.54, 1.807) is 6.20 Å². The predicted molar refractivity (Wildman–Crippen MR) is 106 cm³/mol. The molecule has 1 N–H and O–H groups in total. The first-order chi connectivity index (χ1) is 13.2. The van der Waals surface area contributed by atoms with Crippen molar-refractivity contribution in [2.45, 2.75) is 19.8 Å². The fourth-order valence-electron chi connectivity index (χ4n) is 3.64. The highest BCUT2D eigenvalue weighted by molar-refractivity contribution is 5.97. The van der Waals surface area contributed by atoms with Gasteiger partial charge < -0.3 is 9.64 Å². The number of rotatable bonds is 6. The van der Waals surface area contributed by atoms with Crippen LogP contribution in [0.15, 0.2) is 60.9 Å². The van der Waals surface area contributed by atoms with E-state index in [-0.39, 0.29) is 11.8 Å². The molecule has 0 saturated carbocycles. The van der Waals surface area contributed by atoms with Crippen LogP contribution in [0.1, 0.15) is 18.9 Å². The minimum Gasteiger partial charge on any atom is -0.494 e. The van der Waals surface area contributed by atoms with E-state index in [1.165, 1.54) is 0 Å². The molecule has 3 aromatic rings. The summed E-state index contributed by atoms with van der Waals surface area (Å²) < 4.78 is 5.57. The Labute approximate surface area is 159 Å². The predicted octanol–water partition coefficient (Wildman–Crippen LogP) is 4.07. The first-order valence-electron chi connectivity index (χ1n) is 9.37. The summed E-state index contributed by atoms with van der Waals surface area (Å²) in [5, 5.41) is 6.80. The molecule has 2 heterocycles. The van der Waals surface area contributed by atoms with Crippen molar-refractivity contribution >= 4 is 11.6 Å². The second kappa shape index (κ2) is 7.66. The van der Waals surface area contributed by atoms with Crippen LogP contribution in [-0.2, 0) is 11.2 Å². The van der Waals surface area contributed by atoms with Crippen LogP contribution in [0.4, 0.5) is 5.69 Å². The number of carbonyl (C=O) groups is 1. The van der Waals surface area contributed by atoms with Crippen molar-refractivity contribution in [3.63, 3.8) is 0 Å². The minimum absolute atomic E-state index is 0.0235. The third-order valence-electron chi connectivity index (χ3n) is 5.02. The van der Waals surface area contributed by atoms with Gasteiger partial charge in [0, 0.05) is 29.9 Å². The average Bonchev–Trinajstić information content (AvgIpc) is 3.34. The summed E-state index contributed by atoms with van der Waals surface area (Å²) in [5.41, 5.74) is 4.24. The molecule has 0 spiro atoms. The molecule has 0 radical (unpaired) electrons. The molecule has 1 atom stereocenters. The standard InChI is InChI=1S/C22H23N3O2/c1-2-27-21-5-3-4-16(13-21)12-18-10-11-25(22(18)26)20-8-6-17(7-9-20)19-14-23-24-15-19/h3-9,13-15,18H,2,10-12H2,1H3,(H,23,24). The number of nitrogens with zero attached hydrogens (tertiary/aromatic N) is 2. The van der Waals surface area contributed by atoms with E-state index in [0.29, 0.717) is 6.61 Å². The molecule has 5 nitrogen and oxygen atoms in total. The normalized spacial score (nSPS) is 16.7. The Morgan fingerprint density at radius 2 is 2.04 bits per heavy atom. The maximum Gasteiger partial charge on any atom is 0.230 e. The van der Waals surface area contributed by atoms with Crippen molar-refractivity contribution in [1.82, 2.24) is 10.2 Å². The Kier molecular flexibility index (Phi) is 4.92. The molecule has 4 rings (SSSR count). The van der Waals surface area contributed by atoms with Crippen molar-refractivity contribution in [3.8, 4) is 16.9 Å². The van der Waals surface area contributed by atoms with Gasteiger partial charge in [-0.1, -0.05) is 24.3 Å². The van der Waals surface area contributed by atoms with Gasteiger partial charge in [-0.25, -0.2) is 0 Å². The molecular weight excluding hydrogens is 338 g/mol. The summed E-state index contributed by atoms with van der Waals surface area (Å²) in [7, 11) is 0. The molecule has 0 bridgehead atoms. The molecule has 2 aromatic carbocycles. The van der Waals surface area contributed by atoms with Crippen LogP contribution in [0.25, 0.3) is 11.1 Å². The molecule has 5 heteroatoms. The Hall–Kier alpha value is -3.08. The van der Waals surface area contributed by atoms with E-state index in [2.05, 4.69) is 16.3 Å². The number of nitrogens with one attached hydrogen (secondary N) is 1. The first kappa shape index (κ1) is 17.3. The van der Waals surface area contributed by atoms with Gasteiger partial charge in [0.05, 0.1) is 12.8 Å². The Morgan fingerprint density at radius 3 is 2.78 bits per heavy atom. The Bertz CT molecular complexity index is 904. The second-order valence-corrected chi connectivity index (χ2v) is 6.79. The summed E-state index contributed by atoms with van der Waals surface area (Å²) in [4.78, 5) is 14.8. The van der Waals surface area contributed by atoms with Crippen molar-refractivity contribution in [3.05, 3.63) is 66.5 Å². The molecule has 1 aliphatic heterocycles. The highest BCUT2D eigenvalue weighted by atomic mass is 16.5. The van der Waals surface area contributed by atoms with E-state index >= 15 is 0 Å². The largest absolute Gasteiger partial charge is 0.494 e. The van der Waals surface area contributed by atoms with Crippen LogP contribution in [0.3, 0.4) is 0 Å². The summed E-state index contributed by atoms with van der Waals surface area (Å²) in [6.45, 7) is 3.39. The van der Waals surface area contributed by atoms with Crippen LogP contribution in [0.2, 0.25) is 0 Å². The maximum atomic E-state index is 12.9. The zero-order valence-corrected chi connectivity index (χ0v) is 15.4. The van der Waals surface area contributed by atoms with E-state index in [9.17, 15) is 4.79 Å². The average molecular weight is 361 g/mol. The topological polar surface area (TPSA) is 58.2 Å². The first-order valence-corrected chi connectivity index (χ1v) is 9.37. The molecular formula is C22H23N3O2. The number of aromatic amines is 1. The lowest BCUT2D eigenvalue weighted by molar-refractivity contribution is -0.120. The summed E-state index contributed by atoms with van der Waals surface area (Å²) in [5.74, 6) is 1.09. The van der Waals surface area contributed by atoms with Gasteiger partial charge in [-0.2, -0.15) is 5.10 Å². The van der Waals surface area contributed by atoms with Gasteiger partial charge in [-0.05, 0) is 55.2 Å². The number of aromatic nitrogens is 2. The van der Waals surface area contributed by atoms with E-state index in [1.807, 2.05) is 60.5 Å². The third-order valence-corrected chi connectivity index (χ3v) is 5.02. The van der Waals surface area contributed by atoms with E-state index in [0.717, 1.165) is 47.5 Å². The van der Waals surface area contributed by atoms with Gasteiger partial charge in [0.15, 0.2) is 0 Å². The van der Waals surface area contributed by atoms with Crippen molar-refractivity contribution in [2.24, 2.45) is 5.92 Å². The van der Waals surface area contributed by atoms with Crippen molar-refractivity contribution < 1.29 is 9.53 Å². The van der Waals surface area contributed by atoms with Gasteiger partial charge in [-0.15, -0.1) is 0 Å². The zero-order valence-electron chi connectivity index (χ0n) is 15.4. The lowest BCUT2D eigenvalue weighted by atomic mass is 9.98. The maximum absolute atomic E-state index is 12.9. The van der Waals surface area contributed by atoms with Gasteiger partial charge in [0.25, 0.3) is 0 Å². The number of ether oxygens (including phenoxy) is 1. The number of anilines is 1. The van der Waals surface area contributed by atoms with Crippen molar-refractivity contribution in [2.75, 3.05) is 18.1 Å². The number of benzene rings is 2. The highest BCUT2D eigenvalue weighted by Gasteiger charge is 2.32. The molecule has 1 unspecified atom stereocenters. The number of H-pyrrole nitrogens is 1. The lowest BCUT2D eigenvalue weighted by Crippen LogP contribution is -2.27. The minimum atomic E-state index is 0.0235. The molecule has 1 aliphatic rings. The zero-order chi connectivity index (χ0) is 18.6. The highest BCUT2D eigenvalue weighted by Crippen LogP contribution is 2.30. The molecule has 1 saturated heterocycles. The molecule has 138 valence electrons. The van der Waals surface area contributed by atoms with Crippen LogP contribution in [0, 0.1) is 5.92 Å². The number of hydrogen-bond donors (Lipinski definition) is 1. The molecule has 0 aliphatic carbocycles. The van der Waals surface area contributed by atoms with Crippen LogP contribution < -0.4 is 9.64 Å². The fraction of sp³-hybridized carbons (Fsp3) is 0.273. The Morgan fingerprint density at radius 1 is 1.19 bits per heavy atom. The van der Waals surface area contributed by atoms with Gasteiger partial charge in [0.2, 0.25) is 5.91 Å². The fourth-order valence-corrected chi connectivity index (χ4v) is 3.64. The SMILES string of the molecule is CCOc1cccc(CC2CCN(c3ccc(-c4cn[nH]c4)cc3)C2=O)c1. The van der Waals surface area contributed by atoms with Crippen LogP contribution in [0.5, 0.6) is 5.75 Å². The third kappa shape index (κ3) is 3.72. The van der Waals surface area contributed by atoms with E-state index in [4.69, 9.17) is 4.74 Å². The smallest absolute Gasteiger partial charge is 0.230 e. The number of hydrogen-bond acceptors (Lipinski definition) is 3. The summed E-state index contributed by atoms with van der Waals surface area (Å²) >= 11 is 0. The lowest BCUT2D eigenvalue weighted by Gasteiger charge is -2.17. The van der Waals surface area contributed by atoms with Crippen LogP contribution in [-0.4, -0.2) is 29.3 Å². The number of carbonyl (C=O) groups excluding carboxylic acids is 1. The van der Waals surface area contributed by atoms with Gasteiger partial charge in [-0.3, -0.25) is 9.89 Å². The monoisotopic (exact) mass is 361 g/mol. The molecule has 1 aromatic heterocycles. The number of amides is 1. The molecule has 1 amide bonds. The summed E-state index contributed by atoms with van der Waals surface area (Å²) in [6, 6.07) is 16.1. The van der Waals surface area contributed by atoms with Gasteiger partial charge in [0.1, 0.15) is 5.75 Å². The molecule has 27 heavy (non-hydrogen) atoms. The molecule has 1 fully saturated rings. The van der Waals surface area contributed by atoms with Gasteiger partial charge >= 0.3 is 0 Å². The summed E-state index contributed by atoms with van der Waals surface area (Å²) in [6.07, 6.45) is 5.29. The van der Waals surface area contributed by atoms with Crippen LogP contribution >= 0.6 is 0 Å². The van der Waals surface area contributed by atoms with E-state index < -0.39 is 0 Å². The second-order valence-electron chi connectivity index (χ2n) is 6.79. The van der Waals surface area contributed by atoms with Crippen molar-refractivity contribution in [1.29, 1.82) is 0 Å². The Balaban J connectivity index is 1.44. The quantitative estimate of drug-likeness (QED) is 0.720.